The Bertz CT molecular complexity index is 391. The van der Waals surface area contributed by atoms with Gasteiger partial charge in [0.25, 0.3) is 5.91 Å². The summed E-state index contributed by atoms with van der Waals surface area (Å²) < 4.78 is 0. The lowest BCUT2D eigenvalue weighted by atomic mass is 10.1. The zero-order chi connectivity index (χ0) is 12.3. The second-order valence-electron chi connectivity index (χ2n) is 4.36. The summed E-state index contributed by atoms with van der Waals surface area (Å²) in [6.45, 7) is 0.929. The first kappa shape index (κ1) is 11.9. The van der Waals surface area contributed by atoms with Crippen molar-refractivity contribution in [1.82, 2.24) is 15.1 Å². The largest absolute Gasteiger partial charge is 0.396 e. The number of hydrogen-bond donors (Lipinski definition) is 3. The molecule has 0 aromatic carbocycles. The molecule has 1 aliphatic heterocycles. The monoisotopic (exact) mass is 238 g/mol. The lowest BCUT2D eigenvalue weighted by Crippen LogP contribution is -2.36. The lowest BCUT2D eigenvalue weighted by molar-refractivity contribution is 0.0719. The van der Waals surface area contributed by atoms with E-state index in [9.17, 15) is 4.79 Å². The Morgan fingerprint density at radius 2 is 2.53 bits per heavy atom. The molecule has 0 aliphatic carbocycles. The van der Waals surface area contributed by atoms with E-state index in [4.69, 9.17) is 10.8 Å². The minimum atomic E-state index is -0.0829. The second kappa shape index (κ2) is 5.18. The van der Waals surface area contributed by atoms with Crippen LogP contribution in [0.25, 0.3) is 0 Å². The molecule has 1 aromatic rings. The molecule has 4 N–H and O–H groups in total. The van der Waals surface area contributed by atoms with E-state index >= 15 is 0 Å². The Labute approximate surface area is 99.8 Å². The van der Waals surface area contributed by atoms with Crippen molar-refractivity contribution in [3.8, 4) is 0 Å². The van der Waals surface area contributed by atoms with Gasteiger partial charge in [-0.25, -0.2) is 0 Å². The number of nitrogens with zero attached hydrogens (tertiary/aromatic N) is 2. The maximum Gasteiger partial charge on any atom is 0.274 e. The number of hydrogen-bond acceptors (Lipinski definition) is 4. The molecule has 17 heavy (non-hydrogen) atoms. The number of carbonyl (C=O) groups excluding carboxylic acids is 1. The molecule has 0 bridgehead atoms. The molecule has 6 nitrogen and oxygen atoms in total. The number of H-pyrrole nitrogens is 1. The highest BCUT2D eigenvalue weighted by molar-refractivity contribution is 5.97. The van der Waals surface area contributed by atoms with Crippen LogP contribution in [-0.4, -0.2) is 45.3 Å². The van der Waals surface area contributed by atoms with Gasteiger partial charge in [-0.05, 0) is 25.7 Å². The quantitative estimate of drug-likeness (QED) is 0.706. The molecular formula is C11H18N4O2. The average molecular weight is 238 g/mol. The van der Waals surface area contributed by atoms with Crippen LogP contribution < -0.4 is 5.73 Å². The van der Waals surface area contributed by atoms with Gasteiger partial charge in [-0.1, -0.05) is 0 Å². The molecule has 6 heteroatoms. The van der Waals surface area contributed by atoms with Gasteiger partial charge in [0.05, 0.1) is 11.9 Å². The highest BCUT2D eigenvalue weighted by atomic mass is 16.3. The normalized spacial score (nSPS) is 19.8. The fraction of sp³-hybridized carbons (Fsp3) is 0.636. The third-order valence-corrected chi connectivity index (χ3v) is 3.22. The summed E-state index contributed by atoms with van der Waals surface area (Å²) in [4.78, 5) is 14.0. The van der Waals surface area contributed by atoms with Gasteiger partial charge in [-0.3, -0.25) is 9.89 Å². The number of carbonyl (C=O) groups is 1. The van der Waals surface area contributed by atoms with E-state index in [0.29, 0.717) is 11.4 Å². The summed E-state index contributed by atoms with van der Waals surface area (Å²) in [6.07, 6.45) is 5.03. The summed E-state index contributed by atoms with van der Waals surface area (Å²) in [5.41, 5.74) is 6.44. The van der Waals surface area contributed by atoms with Crippen LogP contribution in [0.5, 0.6) is 0 Å². The fourth-order valence-corrected chi connectivity index (χ4v) is 2.34. The standard InChI is InChI=1S/C11H18N4O2/c12-9-7-13-14-10(9)11(17)15-5-1-3-8(15)4-2-6-16/h7-8,16H,1-6,12H2,(H,13,14). The van der Waals surface area contributed by atoms with Crippen LogP contribution in [0.1, 0.15) is 36.2 Å². The first-order valence-corrected chi connectivity index (χ1v) is 5.94. The van der Waals surface area contributed by atoms with E-state index in [1.54, 1.807) is 0 Å². The molecule has 1 aliphatic rings. The predicted octanol–water partition coefficient (Wildman–Crippen LogP) is 0.369. The van der Waals surface area contributed by atoms with Crippen molar-refractivity contribution in [3.63, 3.8) is 0 Å². The zero-order valence-corrected chi connectivity index (χ0v) is 9.72. The maximum absolute atomic E-state index is 12.2. The number of aromatic nitrogens is 2. The highest BCUT2D eigenvalue weighted by Gasteiger charge is 2.30. The lowest BCUT2D eigenvalue weighted by Gasteiger charge is -2.24. The number of likely N-dealkylation sites (tertiary alicyclic amines) is 1. The molecule has 1 atom stereocenters. The third-order valence-electron chi connectivity index (χ3n) is 3.22. The van der Waals surface area contributed by atoms with Crippen LogP contribution >= 0.6 is 0 Å². The minimum absolute atomic E-state index is 0.0829. The van der Waals surface area contributed by atoms with Crippen LogP contribution in [0, 0.1) is 0 Å². The molecule has 0 radical (unpaired) electrons. The Morgan fingerprint density at radius 3 is 3.18 bits per heavy atom. The number of rotatable bonds is 4. The first-order chi connectivity index (χ1) is 8.24. The molecule has 94 valence electrons. The molecule has 1 aromatic heterocycles. The fourth-order valence-electron chi connectivity index (χ4n) is 2.34. The molecular weight excluding hydrogens is 220 g/mol. The van der Waals surface area contributed by atoms with Gasteiger partial charge in [0.15, 0.2) is 0 Å². The number of anilines is 1. The van der Waals surface area contributed by atoms with Crippen LogP contribution in [0.3, 0.4) is 0 Å². The minimum Gasteiger partial charge on any atom is -0.396 e. The SMILES string of the molecule is Nc1cn[nH]c1C(=O)N1CCCC1CCCO. The number of aliphatic hydroxyl groups is 1. The van der Waals surface area contributed by atoms with Crippen molar-refractivity contribution in [3.05, 3.63) is 11.9 Å². The Hall–Kier alpha value is -1.56. The van der Waals surface area contributed by atoms with Gasteiger partial charge in [-0.2, -0.15) is 5.10 Å². The summed E-state index contributed by atoms with van der Waals surface area (Å²) in [6, 6.07) is 0.220. The van der Waals surface area contributed by atoms with Gasteiger partial charge in [0, 0.05) is 19.2 Å². The first-order valence-electron chi connectivity index (χ1n) is 5.94. The summed E-state index contributed by atoms with van der Waals surface area (Å²) in [5, 5.41) is 15.2. The second-order valence-corrected chi connectivity index (χ2v) is 4.36. The van der Waals surface area contributed by atoms with Crippen molar-refractivity contribution in [2.45, 2.75) is 31.7 Å². The van der Waals surface area contributed by atoms with Crippen LogP contribution in [-0.2, 0) is 0 Å². The molecule has 1 amide bonds. The van der Waals surface area contributed by atoms with E-state index in [-0.39, 0.29) is 18.6 Å². The van der Waals surface area contributed by atoms with Gasteiger partial charge in [-0.15, -0.1) is 0 Å². The predicted molar refractivity (Wildman–Crippen MR) is 63.4 cm³/mol. The third kappa shape index (κ3) is 2.41. The van der Waals surface area contributed by atoms with Crippen molar-refractivity contribution in [2.24, 2.45) is 0 Å². The Balaban J connectivity index is 2.06. The van der Waals surface area contributed by atoms with Crippen molar-refractivity contribution >= 4 is 11.6 Å². The van der Waals surface area contributed by atoms with Crippen molar-refractivity contribution in [1.29, 1.82) is 0 Å². The number of nitrogens with two attached hydrogens (primary N) is 1. The molecule has 1 saturated heterocycles. The van der Waals surface area contributed by atoms with Crippen LogP contribution in [0.2, 0.25) is 0 Å². The number of nitrogen functional groups attached to an aromatic ring is 1. The summed E-state index contributed by atoms with van der Waals surface area (Å²) in [5.74, 6) is -0.0829. The molecule has 2 rings (SSSR count). The Kier molecular flexibility index (Phi) is 3.63. The number of aliphatic hydroxyl groups excluding tert-OH is 1. The zero-order valence-electron chi connectivity index (χ0n) is 9.72. The topological polar surface area (TPSA) is 95.2 Å². The molecule has 0 spiro atoms. The van der Waals surface area contributed by atoms with Gasteiger partial charge in [0.1, 0.15) is 5.69 Å². The van der Waals surface area contributed by atoms with E-state index in [1.807, 2.05) is 4.90 Å². The van der Waals surface area contributed by atoms with Gasteiger partial charge < -0.3 is 15.7 Å². The number of aromatic amines is 1. The van der Waals surface area contributed by atoms with Crippen molar-refractivity contribution < 1.29 is 9.90 Å². The molecule has 1 fully saturated rings. The molecule has 2 heterocycles. The van der Waals surface area contributed by atoms with Crippen LogP contribution in [0.4, 0.5) is 5.69 Å². The number of amides is 1. The van der Waals surface area contributed by atoms with E-state index in [2.05, 4.69) is 10.2 Å². The van der Waals surface area contributed by atoms with Gasteiger partial charge in [0.2, 0.25) is 0 Å². The smallest absolute Gasteiger partial charge is 0.274 e. The van der Waals surface area contributed by atoms with E-state index < -0.39 is 0 Å². The summed E-state index contributed by atoms with van der Waals surface area (Å²) >= 11 is 0. The number of nitrogens with one attached hydrogen (secondary N) is 1. The van der Waals surface area contributed by atoms with Crippen molar-refractivity contribution in [2.75, 3.05) is 18.9 Å². The Morgan fingerprint density at radius 1 is 1.71 bits per heavy atom. The van der Waals surface area contributed by atoms with E-state index in [1.165, 1.54) is 6.20 Å². The molecule has 1 unspecified atom stereocenters. The van der Waals surface area contributed by atoms with Gasteiger partial charge >= 0.3 is 0 Å². The highest BCUT2D eigenvalue weighted by Crippen LogP contribution is 2.24. The summed E-state index contributed by atoms with van der Waals surface area (Å²) in [7, 11) is 0. The average Bonchev–Trinajstić information content (AvgIpc) is 2.94. The maximum atomic E-state index is 12.2. The molecule has 0 saturated carbocycles. The van der Waals surface area contributed by atoms with E-state index in [0.717, 1.165) is 32.2 Å². The van der Waals surface area contributed by atoms with Crippen LogP contribution in [0.15, 0.2) is 6.20 Å².